The molecule has 0 bridgehead atoms. The van der Waals surface area contributed by atoms with Crippen LogP contribution in [0.25, 0.3) is 0 Å². The Hall–Kier alpha value is -2.77. The Morgan fingerprint density at radius 3 is 2.68 bits per heavy atom. The van der Waals surface area contributed by atoms with E-state index in [1.165, 1.54) is 11.0 Å². The Morgan fingerprint density at radius 1 is 1.21 bits per heavy atom. The maximum absolute atomic E-state index is 14.6. The third-order valence-electron chi connectivity index (χ3n) is 5.79. The number of hydrogen-bond donors (Lipinski definition) is 0. The molecule has 0 spiro atoms. The maximum Gasteiger partial charge on any atom is 0.274 e. The third-order valence-corrected chi connectivity index (χ3v) is 5.79. The van der Waals surface area contributed by atoms with Gasteiger partial charge in [-0.15, -0.1) is 0 Å². The number of carbonyl (C=O) groups is 2. The van der Waals surface area contributed by atoms with E-state index >= 15 is 0 Å². The van der Waals surface area contributed by atoms with E-state index in [2.05, 4.69) is 4.98 Å². The molecule has 1 aromatic carbocycles. The highest BCUT2D eigenvalue weighted by Crippen LogP contribution is 2.33. The number of aryl methyl sites for hydroxylation is 2. The molecule has 2 amide bonds. The first kappa shape index (κ1) is 18.6. The van der Waals surface area contributed by atoms with Crippen molar-refractivity contribution in [1.82, 2.24) is 19.4 Å². The number of nitrogens with zero attached hydrogens (tertiary/aromatic N) is 4. The number of amides is 2. The molecule has 2 atom stereocenters. The van der Waals surface area contributed by atoms with Crippen LogP contribution in [0.2, 0.25) is 0 Å². The summed E-state index contributed by atoms with van der Waals surface area (Å²) in [6.45, 7) is 3.02. The van der Waals surface area contributed by atoms with Crippen molar-refractivity contribution < 1.29 is 18.4 Å². The van der Waals surface area contributed by atoms with E-state index < -0.39 is 23.1 Å². The molecule has 0 N–H and O–H groups in total. The molecule has 148 valence electrons. The number of halogens is 2. The van der Waals surface area contributed by atoms with Crippen LogP contribution in [0.3, 0.4) is 0 Å². The van der Waals surface area contributed by atoms with Gasteiger partial charge in [-0.05, 0) is 24.5 Å². The van der Waals surface area contributed by atoms with Crippen LogP contribution in [0.15, 0.2) is 24.7 Å². The lowest BCUT2D eigenvalue weighted by atomic mass is 10.0. The third kappa shape index (κ3) is 2.96. The van der Waals surface area contributed by atoms with Crippen molar-refractivity contribution in [2.45, 2.75) is 25.8 Å². The summed E-state index contributed by atoms with van der Waals surface area (Å²) in [6.07, 6.45) is 4.36. The summed E-state index contributed by atoms with van der Waals surface area (Å²) in [7, 11) is 1.79. The average Bonchev–Trinajstić information content (AvgIpc) is 3.36. The Bertz CT molecular complexity index is 942. The van der Waals surface area contributed by atoms with E-state index in [4.69, 9.17) is 0 Å². The fraction of sp³-hybridized carbons (Fsp3) is 0.450. The molecule has 0 radical (unpaired) electrons. The number of benzene rings is 1. The van der Waals surface area contributed by atoms with Crippen molar-refractivity contribution >= 4 is 11.8 Å². The number of hydrogen-bond acceptors (Lipinski definition) is 3. The quantitative estimate of drug-likeness (QED) is 0.810. The number of likely N-dealkylation sites (tertiary alicyclic amines) is 2. The fourth-order valence-electron chi connectivity index (χ4n) is 4.27. The second-order valence-electron chi connectivity index (χ2n) is 7.50. The van der Waals surface area contributed by atoms with Gasteiger partial charge >= 0.3 is 0 Å². The molecule has 3 heterocycles. The van der Waals surface area contributed by atoms with Gasteiger partial charge in [0.1, 0.15) is 22.9 Å². The molecule has 1 aromatic heterocycles. The van der Waals surface area contributed by atoms with Crippen molar-refractivity contribution in [3.05, 3.63) is 53.1 Å². The molecule has 0 saturated carbocycles. The van der Waals surface area contributed by atoms with E-state index in [0.29, 0.717) is 30.8 Å². The van der Waals surface area contributed by atoms with Crippen LogP contribution in [0, 0.1) is 17.6 Å². The van der Waals surface area contributed by atoms with Gasteiger partial charge < -0.3 is 14.4 Å². The minimum Gasteiger partial charge on any atom is -0.340 e. The van der Waals surface area contributed by atoms with Gasteiger partial charge in [-0.2, -0.15) is 0 Å². The number of aromatic nitrogens is 2. The molecule has 28 heavy (non-hydrogen) atoms. The smallest absolute Gasteiger partial charge is 0.274 e. The number of carbonyl (C=O) groups excluding carboxylic acids is 2. The van der Waals surface area contributed by atoms with Gasteiger partial charge in [-0.1, -0.05) is 13.0 Å². The summed E-state index contributed by atoms with van der Waals surface area (Å²) in [6, 6.07) is 2.36. The molecule has 0 aliphatic carbocycles. The predicted molar refractivity (Wildman–Crippen MR) is 97.8 cm³/mol. The molecule has 4 rings (SSSR count). The zero-order valence-electron chi connectivity index (χ0n) is 15.9. The van der Waals surface area contributed by atoms with Gasteiger partial charge in [0.2, 0.25) is 0 Å². The summed E-state index contributed by atoms with van der Waals surface area (Å²) in [4.78, 5) is 32.9. The van der Waals surface area contributed by atoms with E-state index in [9.17, 15) is 18.4 Å². The molecular formula is C20H22F2N4O2. The summed E-state index contributed by atoms with van der Waals surface area (Å²) in [5.74, 6) is -2.35. The van der Waals surface area contributed by atoms with Crippen LogP contribution in [-0.4, -0.2) is 56.8 Å². The molecule has 2 aliphatic rings. The van der Waals surface area contributed by atoms with E-state index in [0.717, 1.165) is 12.5 Å². The second kappa shape index (κ2) is 7.00. The summed E-state index contributed by atoms with van der Waals surface area (Å²) in [5, 5.41) is 0. The highest BCUT2D eigenvalue weighted by atomic mass is 19.1. The lowest BCUT2D eigenvalue weighted by Gasteiger charge is -2.24. The molecular weight excluding hydrogens is 366 g/mol. The maximum atomic E-state index is 14.6. The van der Waals surface area contributed by atoms with Crippen LogP contribution >= 0.6 is 0 Å². The van der Waals surface area contributed by atoms with Crippen molar-refractivity contribution in [3.63, 3.8) is 0 Å². The molecule has 8 heteroatoms. The average molecular weight is 388 g/mol. The second-order valence-corrected chi connectivity index (χ2v) is 7.50. The predicted octanol–water partition coefficient (Wildman–Crippen LogP) is 2.25. The van der Waals surface area contributed by atoms with Gasteiger partial charge in [0.15, 0.2) is 0 Å². The number of rotatable bonds is 3. The lowest BCUT2D eigenvalue weighted by molar-refractivity contribution is 0.0681. The van der Waals surface area contributed by atoms with Crippen molar-refractivity contribution in [3.8, 4) is 0 Å². The van der Waals surface area contributed by atoms with Crippen molar-refractivity contribution in [2.24, 2.45) is 13.0 Å². The topological polar surface area (TPSA) is 58.4 Å². The van der Waals surface area contributed by atoms with Crippen molar-refractivity contribution in [1.29, 1.82) is 0 Å². The highest BCUT2D eigenvalue weighted by Gasteiger charge is 2.45. The molecule has 2 saturated heterocycles. The van der Waals surface area contributed by atoms with Gasteiger partial charge in [0.25, 0.3) is 11.8 Å². The SMILES string of the molecule is CCc1ccc(F)c(C(=O)N2C[C@@H]3CCN(C(=O)c4cn(C)cn4)[C@@H]3C2)c1F. The highest BCUT2D eigenvalue weighted by molar-refractivity contribution is 5.96. The standard InChI is InChI=1S/C20H22F2N4O2/c1-3-12-4-5-14(21)17(18(12)22)20(28)25-8-13-6-7-26(16(13)10-25)19(27)15-9-24(2)11-23-15/h4-5,9,11,13,16H,3,6-8,10H2,1-2H3/t13-,16+/m0/s1. The Morgan fingerprint density at radius 2 is 2.00 bits per heavy atom. The van der Waals surface area contributed by atoms with Crippen LogP contribution in [0.5, 0.6) is 0 Å². The Balaban J connectivity index is 1.54. The largest absolute Gasteiger partial charge is 0.340 e. The van der Waals surface area contributed by atoms with Crippen LogP contribution in [-0.2, 0) is 13.5 Å². The van der Waals surface area contributed by atoms with Crippen LogP contribution < -0.4 is 0 Å². The Kier molecular flexibility index (Phi) is 4.64. The summed E-state index contributed by atoms with van der Waals surface area (Å²) in [5.41, 5.74) is 0.179. The van der Waals surface area contributed by atoms with Gasteiger partial charge in [-0.3, -0.25) is 9.59 Å². The first-order chi connectivity index (χ1) is 13.4. The van der Waals surface area contributed by atoms with Crippen LogP contribution in [0.4, 0.5) is 8.78 Å². The first-order valence-corrected chi connectivity index (χ1v) is 9.45. The van der Waals surface area contributed by atoms with E-state index in [-0.39, 0.29) is 24.4 Å². The zero-order valence-corrected chi connectivity index (χ0v) is 15.9. The number of fused-ring (bicyclic) bond motifs is 1. The van der Waals surface area contributed by atoms with Gasteiger partial charge in [0.05, 0.1) is 12.4 Å². The Labute approximate surface area is 161 Å². The monoisotopic (exact) mass is 388 g/mol. The summed E-state index contributed by atoms with van der Waals surface area (Å²) < 4.78 is 30.5. The first-order valence-electron chi connectivity index (χ1n) is 9.45. The zero-order chi connectivity index (χ0) is 20.0. The van der Waals surface area contributed by atoms with Gasteiger partial charge in [0, 0.05) is 38.8 Å². The fourth-order valence-corrected chi connectivity index (χ4v) is 4.27. The summed E-state index contributed by atoms with van der Waals surface area (Å²) >= 11 is 0. The minimum absolute atomic E-state index is 0.108. The lowest BCUT2D eigenvalue weighted by Crippen LogP contribution is -2.41. The number of imidazole rings is 1. The molecule has 2 aliphatic heterocycles. The van der Waals surface area contributed by atoms with Crippen LogP contribution in [0.1, 0.15) is 39.8 Å². The van der Waals surface area contributed by atoms with Gasteiger partial charge in [-0.25, -0.2) is 13.8 Å². The van der Waals surface area contributed by atoms with E-state index in [1.54, 1.807) is 36.0 Å². The molecule has 6 nitrogen and oxygen atoms in total. The molecule has 0 unspecified atom stereocenters. The molecule has 2 aromatic rings. The molecule has 2 fully saturated rings. The van der Waals surface area contributed by atoms with Crippen molar-refractivity contribution in [2.75, 3.05) is 19.6 Å². The normalized spacial score (nSPS) is 21.3. The van der Waals surface area contributed by atoms with E-state index in [1.807, 2.05) is 0 Å². The minimum atomic E-state index is -0.849.